The molecule has 1 rings (SSSR count). The average molecular weight is 687 g/mol. The molecule has 0 amide bonds. The first-order chi connectivity index (χ1) is 20.2. The Bertz CT molecular complexity index is 1060. The second-order valence-corrected chi connectivity index (χ2v) is 12.0. The number of esters is 2. The minimum absolute atomic E-state index is 0.0171. The molecule has 0 aromatic carbocycles. The van der Waals surface area contributed by atoms with Crippen LogP contribution in [0.2, 0.25) is 0 Å². The molecule has 1 aliphatic carbocycles. The number of hydrogen-bond donors (Lipinski definition) is 3. The summed E-state index contributed by atoms with van der Waals surface area (Å²) in [5.41, 5.74) is -5.52. The van der Waals surface area contributed by atoms with E-state index < -0.39 is 64.6 Å². The molecular formula is C28H44F6O10S. The number of carbonyl (C=O) groups excluding carboxylic acids is 2. The van der Waals surface area contributed by atoms with Crippen LogP contribution in [0.15, 0.2) is 36.3 Å². The molecule has 0 aliphatic heterocycles. The van der Waals surface area contributed by atoms with Gasteiger partial charge in [0, 0.05) is 18.4 Å². The molecule has 0 heterocycles. The smallest absolute Gasteiger partial charge is 0.417 e. The van der Waals surface area contributed by atoms with Crippen molar-refractivity contribution in [2.45, 2.75) is 102 Å². The topological polar surface area (TPSA) is 157 Å². The standard InChI is InChI=1S/C15H23F3O3.C11H17F3O4.C2H4O3S/c1-10(2)13(19)21-12(11-7-5-4-6-8-11)9-14(3,20)15(16,17)18;1-4-18-9(15)8(2)7-17-6-5-10(3,16)11(12,13)14;1-2-6(3,4)5/h11-12,20H,1,4-9H2,2-3H3;16H,2,4-7H2,1,3H3;2H,1H2,(H,3,4,5). The summed E-state index contributed by atoms with van der Waals surface area (Å²) in [6, 6.07) is 0. The number of aliphatic hydroxyl groups is 2. The van der Waals surface area contributed by atoms with Crippen LogP contribution in [-0.4, -0.2) is 84.6 Å². The first-order valence-corrected chi connectivity index (χ1v) is 15.2. The number of rotatable bonds is 13. The summed E-state index contributed by atoms with van der Waals surface area (Å²) in [6.45, 7) is 13.7. The summed E-state index contributed by atoms with van der Waals surface area (Å²) in [6.07, 6.45) is -7.40. The molecule has 3 unspecified atom stereocenters. The Morgan fingerprint density at radius 2 is 1.42 bits per heavy atom. The van der Waals surface area contributed by atoms with E-state index in [-0.39, 0.29) is 36.9 Å². The van der Waals surface area contributed by atoms with Gasteiger partial charge in [0.25, 0.3) is 10.1 Å². The van der Waals surface area contributed by atoms with Crippen molar-refractivity contribution >= 4 is 22.1 Å². The van der Waals surface area contributed by atoms with Gasteiger partial charge in [0.05, 0.1) is 30.8 Å². The summed E-state index contributed by atoms with van der Waals surface area (Å²) in [4.78, 5) is 22.7. The van der Waals surface area contributed by atoms with Gasteiger partial charge in [-0.3, -0.25) is 4.55 Å². The van der Waals surface area contributed by atoms with Crippen molar-refractivity contribution in [1.29, 1.82) is 0 Å². The van der Waals surface area contributed by atoms with Crippen LogP contribution in [0.1, 0.15) is 72.6 Å². The van der Waals surface area contributed by atoms with Crippen molar-refractivity contribution in [3.05, 3.63) is 36.3 Å². The molecule has 0 radical (unpaired) electrons. The third-order valence-electron chi connectivity index (χ3n) is 6.39. The number of alkyl halides is 6. The Hall–Kier alpha value is -2.47. The number of halogens is 6. The molecule has 3 atom stereocenters. The van der Waals surface area contributed by atoms with Crippen molar-refractivity contribution < 1.29 is 73.3 Å². The Labute approximate surface area is 259 Å². The molecule has 0 bridgehead atoms. The van der Waals surface area contributed by atoms with E-state index in [9.17, 15) is 49.5 Å². The van der Waals surface area contributed by atoms with E-state index in [1.807, 2.05) is 0 Å². The predicted octanol–water partition coefficient (Wildman–Crippen LogP) is 5.60. The molecule has 0 aromatic rings. The van der Waals surface area contributed by atoms with E-state index >= 15 is 0 Å². The number of carbonyl (C=O) groups is 2. The lowest BCUT2D eigenvalue weighted by molar-refractivity contribution is -0.263. The second-order valence-electron chi connectivity index (χ2n) is 10.7. The third kappa shape index (κ3) is 18.9. The van der Waals surface area contributed by atoms with E-state index in [0.717, 1.165) is 26.2 Å². The van der Waals surface area contributed by atoms with Gasteiger partial charge in [-0.2, -0.15) is 34.8 Å². The lowest BCUT2D eigenvalue weighted by Crippen LogP contribution is -2.47. The SMILES string of the molecule is C=C(C)C(=O)OC(CC(C)(O)C(F)(F)F)C1CCCCC1.C=C(COCCC(C)(O)C(F)(F)F)C(=O)OCC.C=CS(=O)(=O)O. The molecule has 1 saturated carbocycles. The zero-order chi connectivity index (χ0) is 35.9. The van der Waals surface area contributed by atoms with Gasteiger partial charge < -0.3 is 24.4 Å². The molecule has 17 heteroatoms. The van der Waals surface area contributed by atoms with Crippen LogP contribution in [0.5, 0.6) is 0 Å². The molecular weight excluding hydrogens is 642 g/mol. The van der Waals surface area contributed by atoms with Crippen LogP contribution in [0, 0.1) is 5.92 Å². The number of hydrogen-bond acceptors (Lipinski definition) is 9. The second kappa shape index (κ2) is 19.3. The molecule has 0 saturated heterocycles. The summed E-state index contributed by atoms with van der Waals surface area (Å²) in [7, 11) is -3.90. The average Bonchev–Trinajstić information content (AvgIpc) is 2.90. The Morgan fingerprint density at radius 1 is 0.956 bits per heavy atom. The van der Waals surface area contributed by atoms with E-state index in [4.69, 9.17) is 19.1 Å². The van der Waals surface area contributed by atoms with Gasteiger partial charge in [0.2, 0.25) is 0 Å². The third-order valence-corrected chi connectivity index (χ3v) is 6.81. The van der Waals surface area contributed by atoms with Gasteiger partial charge in [-0.1, -0.05) is 39.0 Å². The molecule has 3 N–H and O–H groups in total. The largest absolute Gasteiger partial charge is 0.463 e. The quantitative estimate of drug-likeness (QED) is 0.0733. The van der Waals surface area contributed by atoms with Crippen LogP contribution in [0.25, 0.3) is 0 Å². The van der Waals surface area contributed by atoms with E-state index in [2.05, 4.69) is 24.5 Å². The van der Waals surface area contributed by atoms with Crippen molar-refractivity contribution in [2.24, 2.45) is 5.92 Å². The first-order valence-electron chi connectivity index (χ1n) is 13.7. The Balaban J connectivity index is 0. The molecule has 0 spiro atoms. The first kappa shape index (κ1) is 44.7. The summed E-state index contributed by atoms with van der Waals surface area (Å²) < 4.78 is 116. The zero-order valence-corrected chi connectivity index (χ0v) is 26.6. The molecule has 1 fully saturated rings. The lowest BCUT2D eigenvalue weighted by Gasteiger charge is -2.35. The van der Waals surface area contributed by atoms with Crippen LogP contribution < -0.4 is 0 Å². The zero-order valence-electron chi connectivity index (χ0n) is 25.8. The minimum Gasteiger partial charge on any atom is -0.463 e. The van der Waals surface area contributed by atoms with Crippen LogP contribution in [0.4, 0.5) is 26.3 Å². The highest BCUT2D eigenvalue weighted by atomic mass is 32.2. The summed E-state index contributed by atoms with van der Waals surface area (Å²) in [5.74, 6) is -1.50. The molecule has 0 aromatic heterocycles. The van der Waals surface area contributed by atoms with Gasteiger partial charge in [-0.25, -0.2) is 9.59 Å². The fourth-order valence-electron chi connectivity index (χ4n) is 3.46. The van der Waals surface area contributed by atoms with E-state index in [1.165, 1.54) is 6.92 Å². The minimum atomic E-state index is -4.75. The van der Waals surface area contributed by atoms with E-state index in [1.54, 1.807) is 6.92 Å². The van der Waals surface area contributed by atoms with Crippen LogP contribution in [0.3, 0.4) is 0 Å². The highest BCUT2D eigenvalue weighted by molar-refractivity contribution is 7.88. The number of ether oxygens (including phenoxy) is 3. The summed E-state index contributed by atoms with van der Waals surface area (Å²) in [5, 5.41) is 19.2. The maximum absolute atomic E-state index is 12.8. The maximum Gasteiger partial charge on any atom is 0.417 e. The lowest BCUT2D eigenvalue weighted by atomic mass is 9.81. The van der Waals surface area contributed by atoms with Gasteiger partial charge in [0.1, 0.15) is 6.10 Å². The van der Waals surface area contributed by atoms with Gasteiger partial charge >= 0.3 is 24.3 Å². The molecule has 10 nitrogen and oxygen atoms in total. The van der Waals surface area contributed by atoms with Crippen molar-refractivity contribution in [3.63, 3.8) is 0 Å². The van der Waals surface area contributed by atoms with Crippen molar-refractivity contribution in [1.82, 2.24) is 0 Å². The van der Waals surface area contributed by atoms with Crippen LogP contribution in [-0.2, 0) is 33.9 Å². The summed E-state index contributed by atoms with van der Waals surface area (Å²) >= 11 is 0. The van der Waals surface area contributed by atoms with Gasteiger partial charge in [-0.05, 0) is 46.5 Å². The van der Waals surface area contributed by atoms with Gasteiger partial charge in [-0.15, -0.1) is 0 Å². The molecule has 264 valence electrons. The Morgan fingerprint density at radius 3 is 1.80 bits per heavy atom. The van der Waals surface area contributed by atoms with Crippen LogP contribution >= 0.6 is 0 Å². The molecule has 1 aliphatic rings. The fourth-order valence-corrected chi connectivity index (χ4v) is 3.46. The Kier molecular flexibility index (Phi) is 19.1. The van der Waals surface area contributed by atoms with E-state index in [0.29, 0.717) is 25.2 Å². The highest BCUT2D eigenvalue weighted by Crippen LogP contribution is 2.38. The highest BCUT2D eigenvalue weighted by Gasteiger charge is 2.52. The van der Waals surface area contributed by atoms with Crippen molar-refractivity contribution in [3.8, 4) is 0 Å². The predicted molar refractivity (Wildman–Crippen MR) is 152 cm³/mol. The normalized spacial score (nSPS) is 17.4. The van der Waals surface area contributed by atoms with Gasteiger partial charge in [0.15, 0.2) is 11.2 Å². The maximum atomic E-state index is 12.8. The fraction of sp³-hybridized carbons (Fsp3) is 0.714. The monoisotopic (exact) mass is 686 g/mol. The molecule has 45 heavy (non-hydrogen) atoms. The van der Waals surface area contributed by atoms with Crippen molar-refractivity contribution in [2.75, 3.05) is 19.8 Å².